The average molecular weight is 258 g/mol. The summed E-state index contributed by atoms with van der Waals surface area (Å²) in [6.07, 6.45) is 6.04. The summed E-state index contributed by atoms with van der Waals surface area (Å²) in [4.78, 5) is 3.90. The van der Waals surface area contributed by atoms with Crippen molar-refractivity contribution in [2.45, 2.75) is 25.3 Å². The van der Waals surface area contributed by atoms with Crippen LogP contribution in [0, 0.1) is 5.82 Å². The van der Waals surface area contributed by atoms with Crippen LogP contribution < -0.4 is 5.32 Å². The first-order chi connectivity index (χ1) is 9.29. The fourth-order valence-electron chi connectivity index (χ4n) is 2.25. The van der Waals surface area contributed by atoms with Crippen LogP contribution in [0.3, 0.4) is 0 Å². The number of hydrogen-bond acceptors (Lipinski definition) is 2. The Morgan fingerprint density at radius 3 is 2.68 bits per heavy atom. The molecule has 1 atom stereocenters. The van der Waals surface area contributed by atoms with E-state index in [2.05, 4.69) is 34.6 Å². The van der Waals surface area contributed by atoms with Crippen LogP contribution in [0.2, 0.25) is 0 Å². The minimum atomic E-state index is -0.277. The standard InChI is InChI=1S/C16H19FN2/c1-18-16(14-10-15(17)12-19-11-14)9-5-8-13-6-3-2-4-7-13/h2-4,6-7,10-12,16,18H,5,8-9H2,1H3. The van der Waals surface area contributed by atoms with Gasteiger partial charge >= 0.3 is 0 Å². The van der Waals surface area contributed by atoms with Gasteiger partial charge in [0.15, 0.2) is 0 Å². The lowest BCUT2D eigenvalue weighted by molar-refractivity contribution is 0.519. The van der Waals surface area contributed by atoms with Gasteiger partial charge in [-0.05, 0) is 43.5 Å². The molecule has 1 N–H and O–H groups in total. The van der Waals surface area contributed by atoms with E-state index in [0.29, 0.717) is 0 Å². The number of halogens is 1. The van der Waals surface area contributed by atoms with Gasteiger partial charge in [0, 0.05) is 12.2 Å². The zero-order valence-corrected chi connectivity index (χ0v) is 11.1. The van der Waals surface area contributed by atoms with Crippen LogP contribution in [0.5, 0.6) is 0 Å². The first-order valence-electron chi connectivity index (χ1n) is 6.61. The van der Waals surface area contributed by atoms with E-state index in [9.17, 15) is 4.39 Å². The van der Waals surface area contributed by atoms with Crippen molar-refractivity contribution in [3.8, 4) is 0 Å². The zero-order valence-electron chi connectivity index (χ0n) is 11.1. The van der Waals surface area contributed by atoms with Crippen molar-refractivity contribution >= 4 is 0 Å². The van der Waals surface area contributed by atoms with E-state index >= 15 is 0 Å². The molecule has 0 amide bonds. The summed E-state index contributed by atoms with van der Waals surface area (Å²) >= 11 is 0. The predicted molar refractivity (Wildman–Crippen MR) is 75.4 cm³/mol. The number of nitrogens with zero attached hydrogens (tertiary/aromatic N) is 1. The number of rotatable bonds is 6. The third-order valence-corrected chi connectivity index (χ3v) is 3.28. The third kappa shape index (κ3) is 4.14. The van der Waals surface area contributed by atoms with Crippen molar-refractivity contribution in [3.05, 3.63) is 65.7 Å². The monoisotopic (exact) mass is 258 g/mol. The maximum absolute atomic E-state index is 13.2. The van der Waals surface area contributed by atoms with Crippen LogP contribution >= 0.6 is 0 Å². The topological polar surface area (TPSA) is 24.9 Å². The highest BCUT2D eigenvalue weighted by atomic mass is 19.1. The highest BCUT2D eigenvalue weighted by molar-refractivity contribution is 5.16. The number of aryl methyl sites for hydroxylation is 1. The van der Waals surface area contributed by atoms with Crippen LogP contribution in [0.25, 0.3) is 0 Å². The van der Waals surface area contributed by atoms with Crippen LogP contribution in [0.1, 0.15) is 30.0 Å². The molecule has 0 fully saturated rings. The Bertz CT molecular complexity index is 499. The molecule has 1 aromatic carbocycles. The molecule has 0 saturated carbocycles. The van der Waals surface area contributed by atoms with Crippen molar-refractivity contribution < 1.29 is 4.39 Å². The number of hydrogen-bond donors (Lipinski definition) is 1. The molecular weight excluding hydrogens is 239 g/mol. The first kappa shape index (κ1) is 13.7. The molecule has 100 valence electrons. The van der Waals surface area contributed by atoms with Gasteiger partial charge in [-0.25, -0.2) is 4.39 Å². The Kier molecular flexibility index (Phi) is 5.04. The van der Waals surface area contributed by atoms with E-state index in [4.69, 9.17) is 0 Å². The summed E-state index contributed by atoms with van der Waals surface area (Å²) < 4.78 is 13.2. The van der Waals surface area contributed by atoms with Crippen LogP contribution in [0.15, 0.2) is 48.8 Å². The summed E-state index contributed by atoms with van der Waals surface area (Å²) in [5, 5.41) is 3.23. The quantitative estimate of drug-likeness (QED) is 0.857. The van der Waals surface area contributed by atoms with Gasteiger partial charge < -0.3 is 5.32 Å². The molecule has 0 aliphatic rings. The van der Waals surface area contributed by atoms with Crippen LogP contribution in [-0.2, 0) is 6.42 Å². The molecule has 0 bridgehead atoms. The fourth-order valence-corrected chi connectivity index (χ4v) is 2.25. The minimum Gasteiger partial charge on any atom is -0.313 e. The van der Waals surface area contributed by atoms with E-state index < -0.39 is 0 Å². The average Bonchev–Trinajstić information content (AvgIpc) is 2.45. The lowest BCUT2D eigenvalue weighted by Gasteiger charge is -2.16. The van der Waals surface area contributed by atoms with Gasteiger partial charge in [-0.3, -0.25) is 4.98 Å². The van der Waals surface area contributed by atoms with Crippen molar-refractivity contribution in [1.82, 2.24) is 10.3 Å². The summed E-state index contributed by atoms with van der Waals surface area (Å²) in [6, 6.07) is 12.1. The SMILES string of the molecule is CNC(CCCc1ccccc1)c1cncc(F)c1. The Hall–Kier alpha value is -1.74. The second kappa shape index (κ2) is 7.00. The molecule has 2 nitrogen and oxygen atoms in total. The lowest BCUT2D eigenvalue weighted by atomic mass is 10.0. The summed E-state index contributed by atoms with van der Waals surface area (Å²) in [7, 11) is 1.90. The normalized spacial score (nSPS) is 12.3. The molecule has 3 heteroatoms. The highest BCUT2D eigenvalue weighted by Gasteiger charge is 2.10. The van der Waals surface area contributed by atoms with Crippen molar-refractivity contribution in [3.63, 3.8) is 0 Å². The maximum atomic E-state index is 13.2. The van der Waals surface area contributed by atoms with Gasteiger partial charge in [0.2, 0.25) is 0 Å². The second-order valence-corrected chi connectivity index (χ2v) is 4.66. The van der Waals surface area contributed by atoms with E-state index in [0.717, 1.165) is 24.8 Å². The largest absolute Gasteiger partial charge is 0.313 e. The van der Waals surface area contributed by atoms with Crippen LogP contribution in [0.4, 0.5) is 4.39 Å². The van der Waals surface area contributed by atoms with E-state index in [1.54, 1.807) is 12.3 Å². The summed E-state index contributed by atoms with van der Waals surface area (Å²) in [6.45, 7) is 0. The molecule has 0 radical (unpaired) electrons. The molecule has 0 aliphatic carbocycles. The summed E-state index contributed by atoms with van der Waals surface area (Å²) in [5.41, 5.74) is 2.25. The van der Waals surface area contributed by atoms with E-state index in [-0.39, 0.29) is 11.9 Å². The minimum absolute atomic E-state index is 0.159. The van der Waals surface area contributed by atoms with Gasteiger partial charge in [-0.2, -0.15) is 0 Å². The van der Waals surface area contributed by atoms with Crippen molar-refractivity contribution in [1.29, 1.82) is 0 Å². The summed E-state index contributed by atoms with van der Waals surface area (Å²) in [5.74, 6) is -0.277. The Balaban J connectivity index is 1.89. The third-order valence-electron chi connectivity index (χ3n) is 3.28. The van der Waals surface area contributed by atoms with Gasteiger partial charge in [0.25, 0.3) is 0 Å². The second-order valence-electron chi connectivity index (χ2n) is 4.66. The molecular formula is C16H19FN2. The maximum Gasteiger partial charge on any atom is 0.141 e. The van der Waals surface area contributed by atoms with Gasteiger partial charge in [-0.1, -0.05) is 30.3 Å². The van der Waals surface area contributed by atoms with Gasteiger partial charge in [-0.15, -0.1) is 0 Å². The smallest absolute Gasteiger partial charge is 0.141 e. The number of aromatic nitrogens is 1. The highest BCUT2D eigenvalue weighted by Crippen LogP contribution is 2.19. The number of benzene rings is 1. The van der Waals surface area contributed by atoms with Gasteiger partial charge in [0.05, 0.1) is 6.20 Å². The molecule has 2 rings (SSSR count). The molecule has 19 heavy (non-hydrogen) atoms. The van der Waals surface area contributed by atoms with Crippen LogP contribution in [-0.4, -0.2) is 12.0 Å². The molecule has 0 saturated heterocycles. The Morgan fingerprint density at radius 1 is 1.21 bits per heavy atom. The Morgan fingerprint density at radius 2 is 2.00 bits per heavy atom. The Labute approximate surface area is 113 Å². The fraction of sp³-hybridized carbons (Fsp3) is 0.312. The van der Waals surface area contributed by atoms with Gasteiger partial charge in [0.1, 0.15) is 5.82 Å². The number of nitrogens with one attached hydrogen (secondary N) is 1. The molecule has 0 spiro atoms. The van der Waals surface area contributed by atoms with E-state index in [1.165, 1.54) is 11.8 Å². The molecule has 1 unspecified atom stereocenters. The number of pyridine rings is 1. The molecule has 1 aromatic heterocycles. The lowest BCUT2D eigenvalue weighted by Crippen LogP contribution is -2.17. The molecule has 0 aliphatic heterocycles. The van der Waals surface area contributed by atoms with E-state index in [1.807, 2.05) is 13.1 Å². The molecule has 2 aromatic rings. The first-order valence-corrected chi connectivity index (χ1v) is 6.61. The molecule has 1 heterocycles. The zero-order chi connectivity index (χ0) is 13.5. The van der Waals surface area contributed by atoms with Crippen molar-refractivity contribution in [2.75, 3.05) is 7.05 Å². The van der Waals surface area contributed by atoms with Crippen molar-refractivity contribution in [2.24, 2.45) is 0 Å². The predicted octanol–water partition coefficient (Wildman–Crippen LogP) is 3.50.